The van der Waals surface area contributed by atoms with Crippen molar-refractivity contribution in [3.05, 3.63) is 65.5 Å². The predicted molar refractivity (Wildman–Crippen MR) is 94.4 cm³/mol. The number of fused-ring (bicyclic) bond motifs is 1. The highest BCUT2D eigenvalue weighted by molar-refractivity contribution is 6.22. The third kappa shape index (κ3) is 3.69. The van der Waals surface area contributed by atoms with E-state index in [1.54, 1.807) is 18.2 Å². The summed E-state index contributed by atoms with van der Waals surface area (Å²) < 4.78 is 13.6. The Kier molecular flexibility index (Phi) is 4.98. The normalized spacial score (nSPS) is 13.9. The van der Waals surface area contributed by atoms with Gasteiger partial charge in [0.25, 0.3) is 11.8 Å². The van der Waals surface area contributed by atoms with Gasteiger partial charge in [0.1, 0.15) is 18.4 Å². The van der Waals surface area contributed by atoms with Crippen LogP contribution < -0.4 is 10.6 Å². The van der Waals surface area contributed by atoms with Gasteiger partial charge in [-0.25, -0.2) is 4.39 Å². The number of anilines is 1. The Morgan fingerprint density at radius 1 is 1.00 bits per heavy atom. The first-order valence-electron chi connectivity index (χ1n) is 8.18. The fourth-order valence-corrected chi connectivity index (χ4v) is 2.68. The summed E-state index contributed by atoms with van der Waals surface area (Å²) in [5.41, 5.74) is 0.463. The number of carbonyl (C=O) groups excluding carboxylic acids is 4. The summed E-state index contributed by atoms with van der Waals surface area (Å²) in [4.78, 5) is 49.6. The van der Waals surface area contributed by atoms with Gasteiger partial charge in [0.2, 0.25) is 11.8 Å². The van der Waals surface area contributed by atoms with Gasteiger partial charge in [-0.15, -0.1) is 0 Å². The topological polar surface area (TPSA) is 95.6 Å². The molecular weight excluding hydrogens is 353 g/mol. The Morgan fingerprint density at radius 3 is 2.15 bits per heavy atom. The molecule has 8 heteroatoms. The van der Waals surface area contributed by atoms with Crippen molar-refractivity contribution in [1.29, 1.82) is 0 Å². The van der Waals surface area contributed by atoms with Crippen LogP contribution in [0.4, 0.5) is 10.1 Å². The van der Waals surface area contributed by atoms with E-state index in [1.165, 1.54) is 37.3 Å². The van der Waals surface area contributed by atoms with E-state index in [9.17, 15) is 23.6 Å². The molecule has 3 rings (SSSR count). The van der Waals surface area contributed by atoms with Gasteiger partial charge in [0.15, 0.2) is 0 Å². The van der Waals surface area contributed by atoms with Crippen molar-refractivity contribution < 1.29 is 23.6 Å². The summed E-state index contributed by atoms with van der Waals surface area (Å²) in [5.74, 6) is -3.03. The Balaban J connectivity index is 1.59. The number of nitrogens with zero attached hydrogens (tertiary/aromatic N) is 1. The molecule has 0 radical (unpaired) electrons. The molecule has 138 valence electrons. The molecule has 27 heavy (non-hydrogen) atoms. The molecule has 4 amide bonds. The van der Waals surface area contributed by atoms with Crippen molar-refractivity contribution in [3.8, 4) is 0 Å². The van der Waals surface area contributed by atoms with Crippen molar-refractivity contribution in [2.45, 2.75) is 13.0 Å². The van der Waals surface area contributed by atoms with Crippen molar-refractivity contribution in [1.82, 2.24) is 10.2 Å². The minimum atomic E-state index is -0.993. The molecule has 1 heterocycles. The second-order valence-corrected chi connectivity index (χ2v) is 6.00. The van der Waals surface area contributed by atoms with Crippen LogP contribution in [0.25, 0.3) is 0 Å². The number of para-hydroxylation sites is 1. The average molecular weight is 369 g/mol. The zero-order valence-electron chi connectivity index (χ0n) is 14.4. The largest absolute Gasteiger partial charge is 0.343 e. The lowest BCUT2D eigenvalue weighted by Crippen LogP contribution is -2.47. The maximum absolute atomic E-state index is 13.6. The molecule has 2 N–H and O–H groups in total. The average Bonchev–Trinajstić information content (AvgIpc) is 2.89. The number of imide groups is 1. The van der Waals surface area contributed by atoms with Crippen LogP contribution >= 0.6 is 0 Å². The summed E-state index contributed by atoms with van der Waals surface area (Å²) in [6.07, 6.45) is 0. The van der Waals surface area contributed by atoms with Gasteiger partial charge in [-0.3, -0.25) is 24.1 Å². The molecule has 2 aromatic rings. The van der Waals surface area contributed by atoms with E-state index in [0.717, 1.165) is 4.90 Å². The lowest BCUT2D eigenvalue weighted by molar-refractivity contribution is -0.126. The van der Waals surface area contributed by atoms with Crippen LogP contribution in [0.1, 0.15) is 27.6 Å². The van der Waals surface area contributed by atoms with Gasteiger partial charge in [-0.05, 0) is 31.2 Å². The van der Waals surface area contributed by atoms with E-state index >= 15 is 0 Å². The summed E-state index contributed by atoms with van der Waals surface area (Å²) in [7, 11) is 0. The molecule has 0 spiro atoms. The highest BCUT2D eigenvalue weighted by atomic mass is 19.1. The Bertz CT molecular complexity index is 909. The molecule has 1 aliphatic heterocycles. The van der Waals surface area contributed by atoms with Crippen LogP contribution in [0, 0.1) is 5.82 Å². The lowest BCUT2D eigenvalue weighted by atomic mass is 10.1. The van der Waals surface area contributed by atoms with Gasteiger partial charge >= 0.3 is 0 Å². The molecular formula is C19H16FN3O4. The molecule has 0 fully saturated rings. The minimum Gasteiger partial charge on any atom is -0.343 e. The Hall–Kier alpha value is -3.55. The molecule has 0 saturated carbocycles. The highest BCUT2D eigenvalue weighted by Crippen LogP contribution is 2.21. The fourth-order valence-electron chi connectivity index (χ4n) is 2.68. The minimum absolute atomic E-state index is 0.0102. The number of carbonyl (C=O) groups is 4. The molecule has 0 aliphatic carbocycles. The molecule has 1 atom stereocenters. The third-order valence-electron chi connectivity index (χ3n) is 4.08. The zero-order valence-corrected chi connectivity index (χ0v) is 14.4. The van der Waals surface area contributed by atoms with Crippen LogP contribution in [-0.2, 0) is 9.59 Å². The van der Waals surface area contributed by atoms with Crippen LogP contribution in [0.3, 0.4) is 0 Å². The molecule has 0 bridgehead atoms. The quantitative estimate of drug-likeness (QED) is 0.782. The number of amides is 4. The van der Waals surface area contributed by atoms with Crippen LogP contribution in [0.15, 0.2) is 48.5 Å². The first kappa shape index (κ1) is 18.2. The van der Waals surface area contributed by atoms with E-state index in [2.05, 4.69) is 10.6 Å². The Labute approximate surface area is 154 Å². The fraction of sp³-hybridized carbons (Fsp3) is 0.158. The van der Waals surface area contributed by atoms with Crippen LogP contribution in [-0.4, -0.2) is 41.1 Å². The first-order valence-corrected chi connectivity index (χ1v) is 8.18. The summed E-state index contributed by atoms with van der Waals surface area (Å²) in [6.45, 7) is 0.903. The van der Waals surface area contributed by atoms with Gasteiger partial charge in [0.05, 0.1) is 16.8 Å². The van der Waals surface area contributed by atoms with Gasteiger partial charge in [0, 0.05) is 0 Å². The second-order valence-electron chi connectivity index (χ2n) is 6.00. The van der Waals surface area contributed by atoms with Crippen molar-refractivity contribution in [3.63, 3.8) is 0 Å². The molecule has 1 aliphatic rings. The maximum atomic E-state index is 13.6. The molecule has 2 aromatic carbocycles. The van der Waals surface area contributed by atoms with Gasteiger partial charge < -0.3 is 10.6 Å². The van der Waals surface area contributed by atoms with E-state index in [-0.39, 0.29) is 16.8 Å². The van der Waals surface area contributed by atoms with Crippen molar-refractivity contribution >= 4 is 29.3 Å². The maximum Gasteiger partial charge on any atom is 0.262 e. The number of benzene rings is 2. The Morgan fingerprint density at radius 2 is 1.56 bits per heavy atom. The van der Waals surface area contributed by atoms with Crippen LogP contribution in [0.5, 0.6) is 0 Å². The molecule has 0 aromatic heterocycles. The van der Waals surface area contributed by atoms with E-state index in [4.69, 9.17) is 0 Å². The number of hydrogen-bond acceptors (Lipinski definition) is 4. The highest BCUT2D eigenvalue weighted by Gasteiger charge is 2.36. The van der Waals surface area contributed by atoms with Gasteiger partial charge in [-0.2, -0.15) is 0 Å². The van der Waals surface area contributed by atoms with E-state index in [1.807, 2.05) is 0 Å². The number of rotatable bonds is 5. The van der Waals surface area contributed by atoms with E-state index < -0.39 is 42.0 Å². The second kappa shape index (κ2) is 7.36. The molecule has 1 unspecified atom stereocenters. The van der Waals surface area contributed by atoms with E-state index in [0.29, 0.717) is 0 Å². The predicted octanol–water partition coefficient (Wildman–Crippen LogP) is 1.57. The number of halogens is 1. The van der Waals surface area contributed by atoms with Crippen molar-refractivity contribution in [2.24, 2.45) is 0 Å². The van der Waals surface area contributed by atoms with Gasteiger partial charge in [-0.1, -0.05) is 24.3 Å². The number of nitrogens with one attached hydrogen (secondary N) is 2. The number of hydrogen-bond donors (Lipinski definition) is 2. The van der Waals surface area contributed by atoms with Crippen molar-refractivity contribution in [2.75, 3.05) is 11.9 Å². The first-order chi connectivity index (χ1) is 12.9. The lowest BCUT2D eigenvalue weighted by Gasteiger charge is -2.17. The smallest absolute Gasteiger partial charge is 0.262 e. The van der Waals surface area contributed by atoms with Crippen LogP contribution in [0.2, 0.25) is 0 Å². The zero-order chi connectivity index (χ0) is 19.6. The molecule has 7 nitrogen and oxygen atoms in total. The molecule has 0 saturated heterocycles. The summed E-state index contributed by atoms with van der Waals surface area (Å²) in [5, 5.41) is 4.76. The third-order valence-corrected chi connectivity index (χ3v) is 4.08. The monoisotopic (exact) mass is 369 g/mol. The standard InChI is InChI=1S/C19H16FN3O4/c1-11(17(25)22-15-9-5-4-8-14(15)20)21-16(24)10-23-18(26)12-6-2-3-7-13(12)19(23)27/h2-9,11H,10H2,1H3,(H,21,24)(H,22,25). The summed E-state index contributed by atoms with van der Waals surface area (Å²) in [6, 6.07) is 10.9. The SMILES string of the molecule is CC(NC(=O)CN1C(=O)c2ccccc2C1=O)C(=O)Nc1ccccc1F. The summed E-state index contributed by atoms with van der Waals surface area (Å²) >= 11 is 0.